The van der Waals surface area contributed by atoms with Gasteiger partial charge in [0.15, 0.2) is 11.9 Å². The molecule has 334 valence electrons. The molecule has 2 fully saturated rings. The van der Waals surface area contributed by atoms with Crippen LogP contribution in [-0.4, -0.2) is 64.9 Å². The summed E-state index contributed by atoms with van der Waals surface area (Å²) in [6.07, 6.45) is 30.8. The number of nitrogens with one attached hydrogen (secondary N) is 1. The van der Waals surface area contributed by atoms with E-state index in [-0.39, 0.29) is 42.4 Å². The molecule has 1 aliphatic heterocycles. The number of nitrogens with zero attached hydrogens (tertiary/aromatic N) is 1. The molecule has 8 nitrogen and oxygen atoms in total. The van der Waals surface area contributed by atoms with Crippen LogP contribution in [0.2, 0.25) is 5.02 Å². The van der Waals surface area contributed by atoms with Crippen molar-refractivity contribution in [3.63, 3.8) is 0 Å². The number of amides is 1. The van der Waals surface area contributed by atoms with Crippen LogP contribution >= 0.6 is 11.6 Å². The third-order valence-corrected chi connectivity index (χ3v) is 13.2. The van der Waals surface area contributed by atoms with E-state index in [2.05, 4.69) is 24.1 Å². The maximum atomic E-state index is 13.5. The number of benzene rings is 1. The van der Waals surface area contributed by atoms with E-state index >= 15 is 0 Å². The lowest BCUT2D eigenvalue weighted by molar-refractivity contribution is -0.156. The van der Waals surface area contributed by atoms with Gasteiger partial charge in [-0.1, -0.05) is 160 Å². The SMILES string of the molecule is CCCCCCCCCCCCCCCCCC(=O)CCC(=O)OC(CCCCC)C(=O)CCCN1CCC(NC(=O)C(=O)Cc2ccc(Cl)cc2)CC12CCCCC2. The topological polar surface area (TPSA) is 110 Å². The lowest BCUT2D eigenvalue weighted by atomic mass is 9.73. The lowest BCUT2D eigenvalue weighted by Crippen LogP contribution is -2.59. The number of ketones is 3. The molecule has 2 aliphatic rings. The van der Waals surface area contributed by atoms with E-state index in [9.17, 15) is 24.0 Å². The smallest absolute Gasteiger partial charge is 0.306 e. The fourth-order valence-corrected chi connectivity index (χ4v) is 9.45. The number of unbranched alkanes of at least 4 members (excludes halogenated alkanes) is 16. The van der Waals surface area contributed by atoms with Crippen molar-refractivity contribution in [2.24, 2.45) is 0 Å². The highest BCUT2D eigenvalue weighted by atomic mass is 35.5. The van der Waals surface area contributed by atoms with Crippen LogP contribution in [0.5, 0.6) is 0 Å². The van der Waals surface area contributed by atoms with E-state index in [0.717, 1.165) is 89.3 Å². The first-order valence-corrected chi connectivity index (χ1v) is 24.6. The first kappa shape index (κ1) is 50.8. The first-order valence-electron chi connectivity index (χ1n) is 24.2. The van der Waals surface area contributed by atoms with Gasteiger partial charge in [0.2, 0.25) is 5.78 Å². The van der Waals surface area contributed by atoms with Crippen LogP contribution in [0.3, 0.4) is 0 Å². The Hall–Kier alpha value is -2.58. The van der Waals surface area contributed by atoms with Gasteiger partial charge in [0.1, 0.15) is 5.78 Å². The summed E-state index contributed by atoms with van der Waals surface area (Å²) in [4.78, 5) is 67.3. The number of piperidine rings is 1. The fraction of sp³-hybridized carbons (Fsp3) is 0.780. The summed E-state index contributed by atoms with van der Waals surface area (Å²) in [5, 5.41) is 3.65. The van der Waals surface area contributed by atoms with Crippen molar-refractivity contribution in [2.45, 2.75) is 237 Å². The fourth-order valence-electron chi connectivity index (χ4n) is 9.32. The van der Waals surface area contributed by atoms with Crippen LogP contribution in [0.15, 0.2) is 24.3 Å². The number of carbonyl (C=O) groups excluding carboxylic acids is 5. The molecule has 2 unspecified atom stereocenters. The molecule has 1 aliphatic carbocycles. The molecule has 0 aromatic heterocycles. The average molecular weight is 842 g/mol. The molecule has 3 rings (SSSR count). The Bertz CT molecular complexity index is 1360. The van der Waals surface area contributed by atoms with E-state index in [1.807, 2.05) is 0 Å². The maximum absolute atomic E-state index is 13.5. The van der Waals surface area contributed by atoms with Crippen LogP contribution in [-0.2, 0) is 35.1 Å². The molecule has 2 atom stereocenters. The van der Waals surface area contributed by atoms with Crippen molar-refractivity contribution in [1.82, 2.24) is 10.2 Å². The summed E-state index contributed by atoms with van der Waals surface area (Å²) < 4.78 is 5.78. The van der Waals surface area contributed by atoms with Gasteiger partial charge in [0.25, 0.3) is 5.91 Å². The van der Waals surface area contributed by atoms with Crippen molar-refractivity contribution in [3.05, 3.63) is 34.9 Å². The predicted octanol–water partition coefficient (Wildman–Crippen LogP) is 12.2. The molecule has 1 aromatic rings. The Morgan fingerprint density at radius 1 is 0.712 bits per heavy atom. The molecular weight excluding hydrogens is 760 g/mol. The minimum absolute atomic E-state index is 0.0300. The van der Waals surface area contributed by atoms with Crippen molar-refractivity contribution in [1.29, 1.82) is 0 Å². The molecule has 9 heteroatoms. The zero-order chi connectivity index (χ0) is 42.6. The molecule has 1 saturated carbocycles. The molecule has 1 heterocycles. The summed E-state index contributed by atoms with van der Waals surface area (Å²) in [6, 6.07) is 6.94. The number of hydrogen-bond acceptors (Lipinski definition) is 7. The number of esters is 1. The zero-order valence-electron chi connectivity index (χ0n) is 37.3. The van der Waals surface area contributed by atoms with Crippen molar-refractivity contribution in [3.8, 4) is 0 Å². The van der Waals surface area contributed by atoms with Gasteiger partial charge in [-0.05, 0) is 75.6 Å². The molecular formula is C50H81ClN2O6. The second-order valence-electron chi connectivity index (χ2n) is 17.9. The van der Waals surface area contributed by atoms with Gasteiger partial charge in [-0.15, -0.1) is 0 Å². The first-order chi connectivity index (χ1) is 28.7. The second-order valence-corrected chi connectivity index (χ2v) is 18.4. The van der Waals surface area contributed by atoms with Crippen molar-refractivity contribution >= 4 is 40.8 Å². The number of ether oxygens (including phenoxy) is 1. The standard InChI is InChI=1S/C50H81ClN2O6/c1-3-5-7-8-9-10-11-12-13-14-15-16-17-18-21-25-44(54)32-33-48(57)59-47(27-20-6-4-2)45(55)26-24-37-53-38-34-43(40-50(53)35-22-19-23-36-50)52-49(58)46(56)39-41-28-30-42(51)31-29-41/h28-31,43,47H,3-27,32-40H2,1-2H3,(H,52,58). The summed E-state index contributed by atoms with van der Waals surface area (Å²) in [5.41, 5.74) is 0.712. The van der Waals surface area contributed by atoms with Gasteiger partial charge in [-0.2, -0.15) is 0 Å². The molecule has 1 aromatic carbocycles. The monoisotopic (exact) mass is 841 g/mol. The van der Waals surface area contributed by atoms with Gasteiger partial charge in [0.05, 0.1) is 6.42 Å². The van der Waals surface area contributed by atoms with Crippen LogP contribution < -0.4 is 5.32 Å². The van der Waals surface area contributed by atoms with E-state index in [1.54, 1.807) is 24.3 Å². The molecule has 1 N–H and O–H groups in total. The molecule has 59 heavy (non-hydrogen) atoms. The van der Waals surface area contributed by atoms with E-state index in [1.165, 1.54) is 89.9 Å². The highest BCUT2D eigenvalue weighted by Crippen LogP contribution is 2.41. The third-order valence-electron chi connectivity index (χ3n) is 12.9. The Morgan fingerprint density at radius 3 is 1.90 bits per heavy atom. The van der Waals surface area contributed by atoms with Crippen LogP contribution in [0.1, 0.15) is 218 Å². The minimum Gasteiger partial charge on any atom is -0.454 e. The van der Waals surface area contributed by atoms with Gasteiger partial charge in [-0.25, -0.2) is 0 Å². The minimum atomic E-state index is -0.755. The molecule has 1 saturated heterocycles. The molecule has 1 spiro atoms. The summed E-state index contributed by atoms with van der Waals surface area (Å²) in [7, 11) is 0. The summed E-state index contributed by atoms with van der Waals surface area (Å²) >= 11 is 5.97. The van der Waals surface area contributed by atoms with Crippen molar-refractivity contribution < 1.29 is 28.7 Å². The number of hydrogen-bond donors (Lipinski definition) is 1. The van der Waals surface area contributed by atoms with Crippen molar-refractivity contribution in [2.75, 3.05) is 13.1 Å². The highest BCUT2D eigenvalue weighted by molar-refractivity contribution is 6.36. The zero-order valence-corrected chi connectivity index (χ0v) is 38.0. The van der Waals surface area contributed by atoms with Gasteiger partial charge >= 0.3 is 5.97 Å². The quantitative estimate of drug-likeness (QED) is 0.0426. The van der Waals surface area contributed by atoms with Crippen LogP contribution in [0.4, 0.5) is 0 Å². The normalized spacial score (nSPS) is 17.1. The number of rotatable bonds is 33. The number of carbonyl (C=O) groups is 5. The molecule has 1 amide bonds. The third kappa shape index (κ3) is 21.2. The summed E-state index contributed by atoms with van der Waals surface area (Å²) in [6.45, 7) is 5.95. The van der Waals surface area contributed by atoms with Gasteiger partial charge in [0, 0.05) is 48.8 Å². The average Bonchev–Trinajstić information content (AvgIpc) is 3.23. The lowest BCUT2D eigenvalue weighted by Gasteiger charge is -2.52. The predicted molar refractivity (Wildman–Crippen MR) is 241 cm³/mol. The Kier molecular flexibility index (Phi) is 26.2. The number of likely N-dealkylation sites (tertiary alicyclic amines) is 1. The summed E-state index contributed by atoms with van der Waals surface area (Å²) in [5.74, 6) is -1.33. The Labute approximate surface area is 363 Å². The second kappa shape index (κ2) is 30.4. The van der Waals surface area contributed by atoms with Gasteiger partial charge in [-0.3, -0.25) is 28.9 Å². The van der Waals surface area contributed by atoms with E-state index < -0.39 is 23.8 Å². The van der Waals surface area contributed by atoms with Crippen LogP contribution in [0, 0.1) is 0 Å². The highest BCUT2D eigenvalue weighted by Gasteiger charge is 2.43. The maximum Gasteiger partial charge on any atom is 0.306 e. The van der Waals surface area contributed by atoms with E-state index in [4.69, 9.17) is 16.3 Å². The number of Topliss-reactive ketones (excluding diaryl/α,β-unsaturated/α-hetero) is 3. The molecule has 0 radical (unpaired) electrons. The Morgan fingerprint density at radius 2 is 1.29 bits per heavy atom. The Balaban J connectivity index is 1.33. The van der Waals surface area contributed by atoms with Crippen LogP contribution in [0.25, 0.3) is 0 Å². The molecule has 0 bridgehead atoms. The largest absolute Gasteiger partial charge is 0.454 e. The van der Waals surface area contributed by atoms with Gasteiger partial charge < -0.3 is 10.1 Å². The van der Waals surface area contributed by atoms with E-state index in [0.29, 0.717) is 30.7 Å². The number of halogens is 1.